The van der Waals surface area contributed by atoms with Crippen molar-refractivity contribution in [2.75, 3.05) is 26.8 Å². The largest absolute Gasteiger partial charge is 0.385 e. The molecule has 3 atom stereocenters. The van der Waals surface area contributed by atoms with Crippen LogP contribution in [-0.2, 0) is 16.1 Å². The number of benzene rings is 3. The molecule has 1 N–H and O–H groups in total. The van der Waals surface area contributed by atoms with Gasteiger partial charge in [0.1, 0.15) is 0 Å². The molecule has 0 bridgehead atoms. The second kappa shape index (κ2) is 11.6. The van der Waals surface area contributed by atoms with E-state index in [-0.39, 0.29) is 11.8 Å². The number of hydrogen-bond acceptors (Lipinski definition) is 3. The highest BCUT2D eigenvalue weighted by atomic mass is 16.5. The zero-order valence-corrected chi connectivity index (χ0v) is 22.5. The van der Waals surface area contributed by atoms with Crippen molar-refractivity contribution in [1.29, 1.82) is 0 Å². The lowest BCUT2D eigenvalue weighted by atomic mass is 9.72. The number of aryl methyl sites for hydroxylation is 1. The SMILES string of the molecule is COCC[C@@H]1CNC[C@H](C(=O)N(Cc2cccc(C)c2C)C2CC2)[C@H]1c1cccc(-c2ccccc2)c1. The zero-order chi connectivity index (χ0) is 25.8. The van der Waals surface area contributed by atoms with Crippen LogP contribution in [0.1, 0.15) is 47.4 Å². The summed E-state index contributed by atoms with van der Waals surface area (Å²) in [7, 11) is 1.77. The van der Waals surface area contributed by atoms with Crippen molar-refractivity contribution >= 4 is 5.91 Å². The van der Waals surface area contributed by atoms with E-state index in [0.717, 1.165) is 32.4 Å². The van der Waals surface area contributed by atoms with Crippen LogP contribution in [0.15, 0.2) is 72.8 Å². The number of methoxy groups -OCH3 is 1. The summed E-state index contributed by atoms with van der Waals surface area (Å²) in [6, 6.07) is 26.2. The van der Waals surface area contributed by atoms with Gasteiger partial charge in [-0.2, -0.15) is 0 Å². The van der Waals surface area contributed by atoms with Gasteiger partial charge in [-0.3, -0.25) is 4.79 Å². The molecule has 1 amide bonds. The molecule has 2 fully saturated rings. The van der Waals surface area contributed by atoms with E-state index >= 15 is 0 Å². The van der Waals surface area contributed by atoms with Crippen LogP contribution in [0.25, 0.3) is 11.1 Å². The van der Waals surface area contributed by atoms with Crippen molar-refractivity contribution in [3.8, 4) is 11.1 Å². The van der Waals surface area contributed by atoms with E-state index in [9.17, 15) is 4.79 Å². The molecular weight excluding hydrogens is 456 g/mol. The molecule has 5 rings (SSSR count). The Kier molecular flexibility index (Phi) is 8.07. The van der Waals surface area contributed by atoms with Crippen molar-refractivity contribution in [2.24, 2.45) is 11.8 Å². The Bertz CT molecular complexity index is 1200. The molecular formula is C33H40N2O2. The average molecular weight is 497 g/mol. The van der Waals surface area contributed by atoms with E-state index in [0.29, 0.717) is 31.0 Å². The lowest BCUT2D eigenvalue weighted by Crippen LogP contribution is -2.50. The topological polar surface area (TPSA) is 41.6 Å². The van der Waals surface area contributed by atoms with E-state index in [1.165, 1.54) is 33.4 Å². The fraction of sp³-hybridized carbons (Fsp3) is 0.424. The Balaban J connectivity index is 1.48. The van der Waals surface area contributed by atoms with Crippen LogP contribution in [0.3, 0.4) is 0 Å². The van der Waals surface area contributed by atoms with Gasteiger partial charge < -0.3 is 15.0 Å². The number of hydrogen-bond donors (Lipinski definition) is 1. The highest BCUT2D eigenvalue weighted by Gasteiger charge is 2.43. The normalized spacial score (nSPS) is 21.5. The van der Waals surface area contributed by atoms with E-state index in [1.54, 1.807) is 7.11 Å². The van der Waals surface area contributed by atoms with E-state index in [1.807, 2.05) is 0 Å². The number of nitrogens with zero attached hydrogens (tertiary/aromatic N) is 1. The molecule has 1 heterocycles. The molecule has 3 aromatic rings. The molecule has 1 saturated carbocycles. The summed E-state index contributed by atoms with van der Waals surface area (Å²) in [6.07, 6.45) is 3.16. The number of rotatable bonds is 9. The summed E-state index contributed by atoms with van der Waals surface area (Å²) >= 11 is 0. The minimum Gasteiger partial charge on any atom is -0.385 e. The highest BCUT2D eigenvalue weighted by Crippen LogP contribution is 2.41. The van der Waals surface area contributed by atoms with E-state index in [4.69, 9.17) is 4.74 Å². The zero-order valence-electron chi connectivity index (χ0n) is 22.5. The number of nitrogens with one attached hydrogen (secondary N) is 1. The van der Waals surface area contributed by atoms with Crippen LogP contribution >= 0.6 is 0 Å². The van der Waals surface area contributed by atoms with Gasteiger partial charge in [-0.1, -0.05) is 72.8 Å². The Morgan fingerprint density at radius 3 is 2.46 bits per heavy atom. The molecule has 1 aliphatic heterocycles. The molecule has 4 heteroatoms. The Hall–Kier alpha value is -2.95. The first kappa shape index (κ1) is 25.7. The summed E-state index contributed by atoms with van der Waals surface area (Å²) in [4.78, 5) is 16.6. The third kappa shape index (κ3) is 5.81. The second-order valence-electron chi connectivity index (χ2n) is 10.9. The van der Waals surface area contributed by atoms with Crippen molar-refractivity contribution < 1.29 is 9.53 Å². The maximum atomic E-state index is 14.4. The van der Waals surface area contributed by atoms with E-state index in [2.05, 4.69) is 96.9 Å². The van der Waals surface area contributed by atoms with Gasteiger partial charge in [0.2, 0.25) is 5.91 Å². The van der Waals surface area contributed by atoms with Gasteiger partial charge in [0.25, 0.3) is 0 Å². The summed E-state index contributed by atoms with van der Waals surface area (Å²) in [6.45, 7) is 7.38. The number of piperidine rings is 1. The van der Waals surface area contributed by atoms with Gasteiger partial charge in [-0.05, 0) is 79.0 Å². The highest BCUT2D eigenvalue weighted by molar-refractivity contribution is 5.81. The second-order valence-corrected chi connectivity index (χ2v) is 10.9. The van der Waals surface area contributed by atoms with Crippen molar-refractivity contribution in [3.63, 3.8) is 0 Å². The number of ether oxygens (including phenoxy) is 1. The first-order chi connectivity index (χ1) is 18.1. The molecule has 194 valence electrons. The van der Waals surface area contributed by atoms with Crippen LogP contribution in [0.4, 0.5) is 0 Å². The number of carbonyl (C=O) groups is 1. The molecule has 2 aliphatic rings. The monoisotopic (exact) mass is 496 g/mol. The van der Waals surface area contributed by atoms with Crippen LogP contribution in [0.5, 0.6) is 0 Å². The molecule has 0 spiro atoms. The average Bonchev–Trinajstić information content (AvgIpc) is 3.78. The molecule has 37 heavy (non-hydrogen) atoms. The maximum absolute atomic E-state index is 14.4. The van der Waals surface area contributed by atoms with Crippen molar-refractivity contribution in [2.45, 2.75) is 51.6 Å². The van der Waals surface area contributed by atoms with Gasteiger partial charge in [0.15, 0.2) is 0 Å². The quantitative estimate of drug-likeness (QED) is 0.388. The van der Waals surface area contributed by atoms with Crippen LogP contribution in [0.2, 0.25) is 0 Å². The standard InChI is InChI=1S/C33H40N2O2/c1-23-9-7-14-29(24(23)2)22-35(30-15-16-30)33(36)31-21-34-20-28(17-18-37-3)32(31)27-13-8-12-26(19-27)25-10-5-4-6-11-25/h4-14,19,28,30-32,34H,15-18,20-22H2,1-3H3/t28-,31+,32+/m1/s1. The van der Waals surface area contributed by atoms with Gasteiger partial charge in [-0.25, -0.2) is 0 Å². The third-order valence-electron chi connectivity index (χ3n) is 8.43. The predicted octanol–water partition coefficient (Wildman–Crippen LogP) is 6.12. The Morgan fingerprint density at radius 2 is 1.70 bits per heavy atom. The maximum Gasteiger partial charge on any atom is 0.228 e. The van der Waals surface area contributed by atoms with E-state index < -0.39 is 0 Å². The molecule has 1 aliphatic carbocycles. The summed E-state index contributed by atoms with van der Waals surface area (Å²) in [5.74, 6) is 0.711. The van der Waals surface area contributed by atoms with Crippen molar-refractivity contribution in [1.82, 2.24) is 10.2 Å². The molecule has 0 aromatic heterocycles. The van der Waals surface area contributed by atoms with Crippen molar-refractivity contribution in [3.05, 3.63) is 95.1 Å². The third-order valence-corrected chi connectivity index (χ3v) is 8.43. The number of carbonyl (C=O) groups excluding carboxylic acids is 1. The van der Waals surface area contributed by atoms with Gasteiger partial charge in [0.05, 0.1) is 5.92 Å². The fourth-order valence-corrected chi connectivity index (χ4v) is 6.01. The minimum absolute atomic E-state index is 0.0904. The van der Waals surface area contributed by atoms with Crippen LogP contribution < -0.4 is 5.32 Å². The number of amides is 1. The predicted molar refractivity (Wildman–Crippen MR) is 150 cm³/mol. The van der Waals surface area contributed by atoms with Crippen LogP contribution in [0, 0.1) is 25.7 Å². The van der Waals surface area contributed by atoms with Gasteiger partial charge >= 0.3 is 0 Å². The summed E-state index contributed by atoms with van der Waals surface area (Å²) < 4.78 is 5.49. The lowest BCUT2D eigenvalue weighted by Gasteiger charge is -2.41. The molecule has 0 radical (unpaired) electrons. The Morgan fingerprint density at radius 1 is 0.946 bits per heavy atom. The molecule has 3 aromatic carbocycles. The smallest absolute Gasteiger partial charge is 0.228 e. The Labute approximate surface area is 222 Å². The minimum atomic E-state index is -0.0904. The van der Waals surface area contributed by atoms with Gasteiger partial charge in [0, 0.05) is 38.8 Å². The lowest BCUT2D eigenvalue weighted by molar-refractivity contribution is -0.138. The molecule has 0 unspecified atom stereocenters. The summed E-state index contributed by atoms with van der Waals surface area (Å²) in [5.41, 5.74) is 7.54. The molecule has 4 nitrogen and oxygen atoms in total. The molecule has 1 saturated heterocycles. The first-order valence-electron chi connectivity index (χ1n) is 13.8. The van der Waals surface area contributed by atoms with Crippen LogP contribution in [-0.4, -0.2) is 43.7 Å². The fourth-order valence-electron chi connectivity index (χ4n) is 6.01. The first-order valence-corrected chi connectivity index (χ1v) is 13.8. The van der Waals surface area contributed by atoms with Gasteiger partial charge in [-0.15, -0.1) is 0 Å². The summed E-state index contributed by atoms with van der Waals surface area (Å²) in [5, 5.41) is 3.62.